The summed E-state index contributed by atoms with van der Waals surface area (Å²) in [5.41, 5.74) is 1.21. The van der Waals surface area contributed by atoms with Crippen LogP contribution in [0, 0.1) is 0 Å². The number of thiophene rings is 1. The number of hydrogen-bond donors (Lipinski definition) is 1. The first-order chi connectivity index (χ1) is 7.02. The Morgan fingerprint density at radius 3 is 2.73 bits per heavy atom. The van der Waals surface area contributed by atoms with Crippen molar-refractivity contribution < 1.29 is 13.0 Å². The molecule has 80 valence electrons. The lowest BCUT2D eigenvalue weighted by atomic mass is 10.1. The van der Waals surface area contributed by atoms with E-state index < -0.39 is 10.1 Å². The summed E-state index contributed by atoms with van der Waals surface area (Å²) < 4.78 is 31.6. The van der Waals surface area contributed by atoms with E-state index in [-0.39, 0.29) is 4.90 Å². The minimum atomic E-state index is -4.09. The Kier molecular flexibility index (Phi) is 2.54. The third-order valence-corrected chi connectivity index (χ3v) is 4.15. The lowest BCUT2D eigenvalue weighted by Crippen LogP contribution is -1.96. The van der Waals surface area contributed by atoms with Crippen LogP contribution in [0.1, 0.15) is 12.5 Å². The average molecular weight is 242 g/mol. The first-order valence-corrected chi connectivity index (χ1v) is 6.82. The Labute approximate surface area is 92.1 Å². The second kappa shape index (κ2) is 3.59. The van der Waals surface area contributed by atoms with Gasteiger partial charge in [0.1, 0.15) is 0 Å². The van der Waals surface area contributed by atoms with E-state index in [1.54, 1.807) is 6.07 Å². The van der Waals surface area contributed by atoms with Crippen LogP contribution in [0.2, 0.25) is 0 Å². The van der Waals surface area contributed by atoms with Gasteiger partial charge in [-0.1, -0.05) is 13.0 Å². The van der Waals surface area contributed by atoms with Crippen LogP contribution in [-0.4, -0.2) is 13.0 Å². The maximum absolute atomic E-state index is 10.9. The molecule has 0 spiro atoms. The van der Waals surface area contributed by atoms with Crippen molar-refractivity contribution in [3.05, 3.63) is 29.1 Å². The van der Waals surface area contributed by atoms with Crippen LogP contribution < -0.4 is 0 Å². The summed E-state index contributed by atoms with van der Waals surface area (Å²) in [6, 6.07) is 4.69. The molecule has 0 aliphatic heterocycles. The van der Waals surface area contributed by atoms with E-state index >= 15 is 0 Å². The standard InChI is InChI=1S/C10H10O3S2/c1-2-7-6-14-10-5-8(15(11,12)13)3-4-9(7)10/h3-6H,2H2,1H3,(H,11,12,13). The van der Waals surface area contributed by atoms with Gasteiger partial charge in [-0.3, -0.25) is 4.55 Å². The van der Waals surface area contributed by atoms with Crippen molar-refractivity contribution in [3.63, 3.8) is 0 Å². The molecule has 3 nitrogen and oxygen atoms in total. The van der Waals surface area contributed by atoms with Crippen molar-refractivity contribution in [2.75, 3.05) is 0 Å². The molecule has 0 fully saturated rings. The number of benzene rings is 1. The molecule has 0 unspecified atom stereocenters. The van der Waals surface area contributed by atoms with Crippen LogP contribution in [0.4, 0.5) is 0 Å². The molecule has 2 aromatic rings. The van der Waals surface area contributed by atoms with Crippen molar-refractivity contribution in [3.8, 4) is 0 Å². The van der Waals surface area contributed by atoms with Gasteiger partial charge in [-0.15, -0.1) is 11.3 Å². The van der Waals surface area contributed by atoms with Gasteiger partial charge in [-0.2, -0.15) is 8.42 Å². The predicted molar refractivity (Wildman–Crippen MR) is 61.0 cm³/mol. The molecule has 2 rings (SSSR count). The van der Waals surface area contributed by atoms with Crippen LogP contribution in [0.15, 0.2) is 28.5 Å². The monoisotopic (exact) mass is 242 g/mol. The van der Waals surface area contributed by atoms with Gasteiger partial charge in [-0.25, -0.2) is 0 Å². The Morgan fingerprint density at radius 1 is 1.40 bits per heavy atom. The summed E-state index contributed by atoms with van der Waals surface area (Å²) in [6.07, 6.45) is 0.922. The maximum Gasteiger partial charge on any atom is 0.294 e. The molecule has 0 radical (unpaired) electrons. The first-order valence-electron chi connectivity index (χ1n) is 4.50. The van der Waals surface area contributed by atoms with Crippen LogP contribution in [0.3, 0.4) is 0 Å². The number of aryl methyl sites for hydroxylation is 1. The molecule has 1 N–H and O–H groups in total. The van der Waals surface area contributed by atoms with Gasteiger partial charge in [0, 0.05) is 4.70 Å². The van der Waals surface area contributed by atoms with E-state index in [0.717, 1.165) is 16.5 Å². The van der Waals surface area contributed by atoms with Crippen LogP contribution in [-0.2, 0) is 16.5 Å². The van der Waals surface area contributed by atoms with E-state index in [2.05, 4.69) is 6.92 Å². The third-order valence-electron chi connectivity index (χ3n) is 2.31. The number of fused-ring (bicyclic) bond motifs is 1. The molecule has 0 amide bonds. The molecule has 0 saturated carbocycles. The maximum atomic E-state index is 10.9. The lowest BCUT2D eigenvalue weighted by Gasteiger charge is -1.98. The summed E-state index contributed by atoms with van der Waals surface area (Å²) >= 11 is 1.49. The second-order valence-electron chi connectivity index (χ2n) is 3.25. The predicted octanol–water partition coefficient (Wildman–Crippen LogP) is 2.71. The molecule has 15 heavy (non-hydrogen) atoms. The summed E-state index contributed by atoms with van der Waals surface area (Å²) in [7, 11) is -4.09. The quantitative estimate of drug-likeness (QED) is 0.824. The topological polar surface area (TPSA) is 54.4 Å². The third kappa shape index (κ3) is 1.90. The number of hydrogen-bond acceptors (Lipinski definition) is 3. The molecule has 0 aliphatic carbocycles. The van der Waals surface area contributed by atoms with E-state index in [0.29, 0.717) is 0 Å². The zero-order valence-electron chi connectivity index (χ0n) is 8.10. The molecule has 0 saturated heterocycles. The molecule has 0 bridgehead atoms. The average Bonchev–Trinajstić information content (AvgIpc) is 2.58. The highest BCUT2D eigenvalue weighted by Crippen LogP contribution is 2.28. The minimum Gasteiger partial charge on any atom is -0.282 e. The Morgan fingerprint density at radius 2 is 2.13 bits per heavy atom. The van der Waals surface area contributed by atoms with Crippen molar-refractivity contribution in [1.82, 2.24) is 0 Å². The van der Waals surface area contributed by atoms with Crippen LogP contribution in [0.25, 0.3) is 10.1 Å². The highest BCUT2D eigenvalue weighted by Gasteiger charge is 2.11. The second-order valence-corrected chi connectivity index (χ2v) is 5.58. The van der Waals surface area contributed by atoms with Gasteiger partial charge in [0.05, 0.1) is 4.90 Å². The van der Waals surface area contributed by atoms with Gasteiger partial charge in [-0.05, 0) is 34.9 Å². The van der Waals surface area contributed by atoms with E-state index in [9.17, 15) is 8.42 Å². The Balaban J connectivity index is 2.69. The van der Waals surface area contributed by atoms with Crippen LogP contribution in [0.5, 0.6) is 0 Å². The van der Waals surface area contributed by atoms with Crippen LogP contribution >= 0.6 is 11.3 Å². The Hall–Kier alpha value is -0.910. The molecule has 1 heterocycles. The summed E-state index contributed by atoms with van der Waals surface area (Å²) in [4.78, 5) is -0.0421. The fraction of sp³-hybridized carbons (Fsp3) is 0.200. The molecule has 5 heteroatoms. The molecule has 1 aromatic heterocycles. The van der Waals surface area contributed by atoms with Gasteiger partial charge in [0.15, 0.2) is 0 Å². The summed E-state index contributed by atoms with van der Waals surface area (Å²) in [5, 5.41) is 3.08. The zero-order chi connectivity index (χ0) is 11.1. The highest BCUT2D eigenvalue weighted by atomic mass is 32.2. The molecule has 0 atom stereocenters. The lowest BCUT2D eigenvalue weighted by molar-refractivity contribution is 0.483. The van der Waals surface area contributed by atoms with E-state index in [1.165, 1.54) is 29.0 Å². The molecule has 1 aromatic carbocycles. The van der Waals surface area contributed by atoms with Gasteiger partial charge < -0.3 is 0 Å². The smallest absolute Gasteiger partial charge is 0.282 e. The fourth-order valence-corrected chi connectivity index (χ4v) is 3.16. The van der Waals surface area contributed by atoms with Crippen molar-refractivity contribution in [2.45, 2.75) is 18.2 Å². The molecular weight excluding hydrogens is 232 g/mol. The normalized spacial score (nSPS) is 12.1. The largest absolute Gasteiger partial charge is 0.294 e. The van der Waals surface area contributed by atoms with Gasteiger partial charge >= 0.3 is 0 Å². The van der Waals surface area contributed by atoms with E-state index in [1.807, 2.05) is 5.38 Å². The van der Waals surface area contributed by atoms with Crippen molar-refractivity contribution >= 4 is 31.5 Å². The highest BCUT2D eigenvalue weighted by molar-refractivity contribution is 7.85. The van der Waals surface area contributed by atoms with Crippen molar-refractivity contribution in [1.29, 1.82) is 0 Å². The molecular formula is C10H10O3S2. The summed E-state index contributed by atoms with van der Waals surface area (Å²) in [6.45, 7) is 2.05. The van der Waals surface area contributed by atoms with Gasteiger partial charge in [0.2, 0.25) is 0 Å². The molecule has 0 aliphatic rings. The number of rotatable bonds is 2. The Bertz CT molecular complexity index is 596. The van der Waals surface area contributed by atoms with Gasteiger partial charge in [0.25, 0.3) is 10.1 Å². The van der Waals surface area contributed by atoms with Crippen molar-refractivity contribution in [2.24, 2.45) is 0 Å². The minimum absolute atomic E-state index is 0.0421. The first kappa shape index (κ1) is 10.6. The fourth-order valence-electron chi connectivity index (χ4n) is 1.50. The summed E-state index contributed by atoms with van der Waals surface area (Å²) in [5.74, 6) is 0. The SMILES string of the molecule is CCc1csc2cc(S(=O)(=O)O)ccc12. The van der Waals surface area contributed by atoms with E-state index in [4.69, 9.17) is 4.55 Å². The zero-order valence-corrected chi connectivity index (χ0v) is 9.73.